The van der Waals surface area contributed by atoms with Crippen LogP contribution in [0.4, 0.5) is 0 Å². The number of hydrogen-bond acceptors (Lipinski definition) is 5. The van der Waals surface area contributed by atoms with E-state index >= 15 is 0 Å². The van der Waals surface area contributed by atoms with Crippen LogP contribution in [-0.4, -0.2) is 37.3 Å². The van der Waals surface area contributed by atoms with Crippen molar-refractivity contribution in [2.75, 3.05) is 6.54 Å². The highest BCUT2D eigenvalue weighted by molar-refractivity contribution is 7.12. The van der Waals surface area contributed by atoms with E-state index in [1.807, 2.05) is 35.4 Å². The lowest BCUT2D eigenvalue weighted by Gasteiger charge is -2.24. The van der Waals surface area contributed by atoms with Crippen molar-refractivity contribution in [3.8, 4) is 11.5 Å². The second-order valence-electron chi connectivity index (χ2n) is 5.80. The molecule has 122 valence electrons. The van der Waals surface area contributed by atoms with Crippen LogP contribution in [0, 0.1) is 6.92 Å². The molecule has 0 spiro atoms. The van der Waals surface area contributed by atoms with Crippen molar-refractivity contribution in [1.29, 1.82) is 0 Å². The molecule has 1 N–H and O–H groups in total. The summed E-state index contributed by atoms with van der Waals surface area (Å²) in [7, 11) is 0. The van der Waals surface area contributed by atoms with Gasteiger partial charge in [-0.2, -0.15) is 0 Å². The summed E-state index contributed by atoms with van der Waals surface area (Å²) in [6, 6.07) is 5.72. The average molecular weight is 339 g/mol. The number of nitrogens with zero attached hydrogens (tertiary/aromatic N) is 4. The van der Waals surface area contributed by atoms with Gasteiger partial charge in [0.05, 0.1) is 16.6 Å². The van der Waals surface area contributed by atoms with Gasteiger partial charge in [0.2, 0.25) is 0 Å². The van der Waals surface area contributed by atoms with Gasteiger partial charge < -0.3 is 9.88 Å². The first kappa shape index (κ1) is 15.0. The molecule has 4 heterocycles. The standard InChI is InChI=1S/C17H17N5OS/c1-11-20-12(10-13(21-11)16-18-6-7-19-16)14-4-2-8-22(14)17(23)15-5-3-9-24-15/h3,5-7,9-10,14H,2,4,8H2,1H3,(H,18,19). The number of likely N-dealkylation sites (tertiary alicyclic amines) is 1. The smallest absolute Gasteiger partial charge is 0.264 e. The highest BCUT2D eigenvalue weighted by Gasteiger charge is 2.32. The molecule has 7 heteroatoms. The lowest BCUT2D eigenvalue weighted by molar-refractivity contribution is 0.0737. The van der Waals surface area contributed by atoms with Crippen LogP contribution >= 0.6 is 11.3 Å². The maximum atomic E-state index is 12.8. The predicted octanol–water partition coefficient (Wildman–Crippen LogP) is 3.21. The number of aryl methyl sites for hydroxylation is 1. The van der Waals surface area contributed by atoms with Crippen LogP contribution in [-0.2, 0) is 0 Å². The molecule has 1 aliphatic heterocycles. The Morgan fingerprint density at radius 2 is 2.33 bits per heavy atom. The van der Waals surface area contributed by atoms with E-state index in [9.17, 15) is 4.79 Å². The SMILES string of the molecule is Cc1nc(-c2ncc[nH]2)cc(C2CCCN2C(=O)c2cccs2)n1. The zero-order valence-electron chi connectivity index (χ0n) is 13.3. The quantitative estimate of drug-likeness (QED) is 0.795. The Hall–Kier alpha value is -2.54. The Labute approximate surface area is 143 Å². The van der Waals surface area contributed by atoms with E-state index in [-0.39, 0.29) is 11.9 Å². The van der Waals surface area contributed by atoms with Gasteiger partial charge in [-0.25, -0.2) is 15.0 Å². The van der Waals surface area contributed by atoms with Crippen molar-refractivity contribution in [1.82, 2.24) is 24.8 Å². The molecule has 1 saturated heterocycles. The van der Waals surface area contributed by atoms with Crippen molar-refractivity contribution in [3.63, 3.8) is 0 Å². The summed E-state index contributed by atoms with van der Waals surface area (Å²) in [5.41, 5.74) is 1.65. The highest BCUT2D eigenvalue weighted by atomic mass is 32.1. The number of amides is 1. The first-order valence-corrected chi connectivity index (χ1v) is 8.80. The van der Waals surface area contributed by atoms with Gasteiger partial charge in [0.15, 0.2) is 5.82 Å². The zero-order valence-corrected chi connectivity index (χ0v) is 14.1. The van der Waals surface area contributed by atoms with Gasteiger partial charge in [0, 0.05) is 18.9 Å². The maximum Gasteiger partial charge on any atom is 0.264 e. The summed E-state index contributed by atoms with van der Waals surface area (Å²) >= 11 is 1.48. The molecule has 1 fully saturated rings. The van der Waals surface area contributed by atoms with Crippen molar-refractivity contribution in [2.24, 2.45) is 0 Å². The van der Waals surface area contributed by atoms with Crippen molar-refractivity contribution in [3.05, 3.63) is 52.4 Å². The third-order valence-electron chi connectivity index (χ3n) is 4.19. The minimum absolute atomic E-state index is 0.00462. The van der Waals surface area contributed by atoms with E-state index in [1.54, 1.807) is 12.4 Å². The third kappa shape index (κ3) is 2.71. The molecular weight excluding hydrogens is 322 g/mol. The summed E-state index contributed by atoms with van der Waals surface area (Å²) in [6.07, 6.45) is 5.38. The summed E-state index contributed by atoms with van der Waals surface area (Å²) in [5, 5.41) is 1.93. The Balaban J connectivity index is 1.68. The average Bonchev–Trinajstić information content (AvgIpc) is 3.36. The Morgan fingerprint density at radius 1 is 1.42 bits per heavy atom. The Bertz CT molecular complexity index is 844. The van der Waals surface area contributed by atoms with Crippen LogP contribution in [0.3, 0.4) is 0 Å². The zero-order chi connectivity index (χ0) is 16.5. The molecule has 3 aromatic heterocycles. The predicted molar refractivity (Wildman–Crippen MR) is 91.7 cm³/mol. The van der Waals surface area contributed by atoms with Crippen LogP contribution in [0.25, 0.3) is 11.5 Å². The summed E-state index contributed by atoms with van der Waals surface area (Å²) < 4.78 is 0. The van der Waals surface area contributed by atoms with E-state index in [0.717, 1.165) is 41.5 Å². The van der Waals surface area contributed by atoms with Gasteiger partial charge in [0.1, 0.15) is 11.5 Å². The molecule has 1 unspecified atom stereocenters. The van der Waals surface area contributed by atoms with E-state index in [2.05, 4.69) is 19.9 Å². The normalized spacial score (nSPS) is 17.4. The second-order valence-corrected chi connectivity index (χ2v) is 6.74. The maximum absolute atomic E-state index is 12.8. The first-order valence-electron chi connectivity index (χ1n) is 7.92. The fourth-order valence-corrected chi connectivity index (χ4v) is 3.83. The summed E-state index contributed by atoms with van der Waals surface area (Å²) in [6.45, 7) is 2.64. The molecule has 0 radical (unpaired) electrons. The molecule has 3 aromatic rings. The van der Waals surface area contributed by atoms with E-state index in [0.29, 0.717) is 5.82 Å². The van der Waals surface area contributed by atoms with Crippen LogP contribution in [0.15, 0.2) is 36.0 Å². The fourth-order valence-electron chi connectivity index (χ4n) is 3.15. The van der Waals surface area contributed by atoms with E-state index in [1.165, 1.54) is 11.3 Å². The summed E-state index contributed by atoms with van der Waals surface area (Å²) in [4.78, 5) is 31.9. The van der Waals surface area contributed by atoms with Gasteiger partial charge in [-0.1, -0.05) is 6.07 Å². The monoisotopic (exact) mass is 339 g/mol. The number of carbonyl (C=O) groups is 1. The molecule has 0 aromatic carbocycles. The van der Waals surface area contributed by atoms with Crippen molar-refractivity contribution < 1.29 is 4.79 Å². The highest BCUT2D eigenvalue weighted by Crippen LogP contribution is 2.33. The van der Waals surface area contributed by atoms with Gasteiger partial charge in [-0.3, -0.25) is 4.79 Å². The Morgan fingerprint density at radius 3 is 3.08 bits per heavy atom. The minimum Gasteiger partial charge on any atom is -0.343 e. The van der Waals surface area contributed by atoms with Crippen LogP contribution < -0.4 is 0 Å². The molecule has 0 aliphatic carbocycles. The van der Waals surface area contributed by atoms with E-state index < -0.39 is 0 Å². The lowest BCUT2D eigenvalue weighted by atomic mass is 10.1. The van der Waals surface area contributed by atoms with Crippen LogP contribution in [0.1, 0.15) is 40.1 Å². The number of imidazole rings is 1. The van der Waals surface area contributed by atoms with Gasteiger partial charge in [-0.05, 0) is 37.3 Å². The van der Waals surface area contributed by atoms with Crippen molar-refractivity contribution in [2.45, 2.75) is 25.8 Å². The number of hydrogen-bond donors (Lipinski definition) is 1. The first-order chi connectivity index (χ1) is 11.7. The topological polar surface area (TPSA) is 74.8 Å². The number of thiophene rings is 1. The fraction of sp³-hybridized carbons (Fsp3) is 0.294. The van der Waals surface area contributed by atoms with Gasteiger partial charge in [-0.15, -0.1) is 11.3 Å². The molecule has 0 saturated carbocycles. The number of H-pyrrole nitrogens is 1. The lowest BCUT2D eigenvalue weighted by Crippen LogP contribution is -2.30. The number of nitrogens with one attached hydrogen (secondary N) is 1. The third-order valence-corrected chi connectivity index (χ3v) is 5.04. The number of rotatable bonds is 3. The number of aromatic amines is 1. The van der Waals surface area contributed by atoms with Crippen LogP contribution in [0.2, 0.25) is 0 Å². The number of aromatic nitrogens is 4. The molecule has 4 rings (SSSR count). The Kier molecular flexibility index (Phi) is 3.86. The molecule has 1 amide bonds. The molecule has 1 aliphatic rings. The molecular formula is C17H17N5OS. The van der Waals surface area contributed by atoms with Crippen molar-refractivity contribution >= 4 is 17.2 Å². The van der Waals surface area contributed by atoms with Gasteiger partial charge >= 0.3 is 0 Å². The van der Waals surface area contributed by atoms with Crippen LogP contribution in [0.5, 0.6) is 0 Å². The molecule has 1 atom stereocenters. The second kappa shape index (κ2) is 6.16. The molecule has 0 bridgehead atoms. The number of carbonyl (C=O) groups excluding carboxylic acids is 1. The van der Waals surface area contributed by atoms with Gasteiger partial charge in [0.25, 0.3) is 5.91 Å². The molecule has 24 heavy (non-hydrogen) atoms. The largest absolute Gasteiger partial charge is 0.343 e. The minimum atomic E-state index is -0.00462. The molecule has 6 nitrogen and oxygen atoms in total. The summed E-state index contributed by atoms with van der Waals surface area (Å²) in [5.74, 6) is 1.49. The van der Waals surface area contributed by atoms with E-state index in [4.69, 9.17) is 0 Å².